The van der Waals surface area contributed by atoms with Crippen LogP contribution in [0.25, 0.3) is 0 Å². The van der Waals surface area contributed by atoms with E-state index in [1.165, 1.54) is 0 Å². The number of amides is 1. The van der Waals surface area contributed by atoms with Crippen molar-refractivity contribution in [2.75, 3.05) is 5.73 Å². The van der Waals surface area contributed by atoms with Crippen molar-refractivity contribution in [3.8, 4) is 0 Å². The third-order valence-corrected chi connectivity index (χ3v) is 4.41. The Balaban J connectivity index is 1.63. The number of nitrogens with one attached hydrogen (secondary N) is 1. The molecule has 4 atom stereocenters. The number of carbonyl (C=O) groups is 1. The molecule has 3 nitrogen and oxygen atoms in total. The van der Waals surface area contributed by atoms with Gasteiger partial charge in [-0.15, -0.1) is 0 Å². The molecule has 1 aromatic rings. The van der Waals surface area contributed by atoms with E-state index in [0.29, 0.717) is 11.8 Å². The van der Waals surface area contributed by atoms with Crippen LogP contribution in [0, 0.1) is 17.8 Å². The molecule has 2 bridgehead atoms. The summed E-state index contributed by atoms with van der Waals surface area (Å²) >= 11 is 0. The van der Waals surface area contributed by atoms with Crippen LogP contribution in [0.4, 0.5) is 5.69 Å². The van der Waals surface area contributed by atoms with Crippen molar-refractivity contribution in [3.05, 3.63) is 42.0 Å². The molecule has 1 aromatic carbocycles. The van der Waals surface area contributed by atoms with E-state index in [2.05, 4.69) is 17.5 Å². The van der Waals surface area contributed by atoms with Gasteiger partial charge in [-0.25, -0.2) is 0 Å². The molecule has 0 heterocycles. The number of hydrogen-bond donors (Lipinski definition) is 2. The molecule has 0 spiro atoms. The Labute approximate surface area is 113 Å². The highest BCUT2D eigenvalue weighted by Crippen LogP contribution is 2.43. The van der Waals surface area contributed by atoms with Gasteiger partial charge in [0, 0.05) is 11.6 Å². The van der Waals surface area contributed by atoms with Gasteiger partial charge in [0.2, 0.25) is 5.91 Å². The first kappa shape index (κ1) is 12.3. The van der Waals surface area contributed by atoms with Gasteiger partial charge in [0.1, 0.15) is 0 Å². The minimum Gasteiger partial charge on any atom is -0.399 e. The molecular formula is C16H20N2O. The van der Waals surface area contributed by atoms with Crippen LogP contribution in [-0.2, 0) is 4.79 Å². The fourth-order valence-electron chi connectivity index (χ4n) is 3.27. The molecule has 19 heavy (non-hydrogen) atoms. The van der Waals surface area contributed by atoms with Crippen LogP contribution in [0.2, 0.25) is 0 Å². The SMILES string of the molecule is CC(NC(=O)C1CC2C=CC1C2)c1ccc(N)cc1. The summed E-state index contributed by atoms with van der Waals surface area (Å²) in [7, 11) is 0. The molecule has 2 aliphatic rings. The van der Waals surface area contributed by atoms with Crippen LogP contribution in [0.15, 0.2) is 36.4 Å². The van der Waals surface area contributed by atoms with E-state index in [-0.39, 0.29) is 17.9 Å². The lowest BCUT2D eigenvalue weighted by atomic mass is 9.92. The number of nitrogen functional groups attached to an aromatic ring is 1. The lowest BCUT2D eigenvalue weighted by molar-refractivity contribution is -0.126. The average molecular weight is 256 g/mol. The summed E-state index contributed by atoms with van der Waals surface area (Å²) in [6.07, 6.45) is 6.65. The Hall–Kier alpha value is -1.77. The molecule has 1 fully saturated rings. The van der Waals surface area contributed by atoms with Crippen LogP contribution in [-0.4, -0.2) is 5.91 Å². The summed E-state index contributed by atoms with van der Waals surface area (Å²) in [6, 6.07) is 7.73. The van der Waals surface area contributed by atoms with Crippen molar-refractivity contribution in [1.29, 1.82) is 0 Å². The molecule has 1 saturated carbocycles. The van der Waals surface area contributed by atoms with Gasteiger partial charge < -0.3 is 11.1 Å². The van der Waals surface area contributed by atoms with Crippen LogP contribution >= 0.6 is 0 Å². The summed E-state index contributed by atoms with van der Waals surface area (Å²) in [4.78, 5) is 12.3. The summed E-state index contributed by atoms with van der Waals surface area (Å²) in [5, 5.41) is 3.13. The fraction of sp³-hybridized carbons (Fsp3) is 0.438. The Morgan fingerprint density at radius 3 is 2.58 bits per heavy atom. The van der Waals surface area contributed by atoms with Gasteiger partial charge in [-0.1, -0.05) is 24.3 Å². The second kappa shape index (κ2) is 4.72. The Bertz CT molecular complexity index is 506. The highest BCUT2D eigenvalue weighted by atomic mass is 16.2. The molecule has 3 N–H and O–H groups in total. The number of rotatable bonds is 3. The summed E-state index contributed by atoms with van der Waals surface area (Å²) in [6.45, 7) is 2.02. The first-order valence-electron chi connectivity index (χ1n) is 6.97. The lowest BCUT2D eigenvalue weighted by Crippen LogP contribution is -2.34. The highest BCUT2D eigenvalue weighted by molar-refractivity contribution is 5.80. The van der Waals surface area contributed by atoms with Crippen LogP contribution in [0.5, 0.6) is 0 Å². The topological polar surface area (TPSA) is 55.1 Å². The van der Waals surface area contributed by atoms with Crippen molar-refractivity contribution in [2.24, 2.45) is 17.8 Å². The van der Waals surface area contributed by atoms with Crippen LogP contribution < -0.4 is 11.1 Å². The van der Waals surface area contributed by atoms with E-state index in [9.17, 15) is 4.79 Å². The molecule has 100 valence electrons. The molecule has 0 aromatic heterocycles. The van der Waals surface area contributed by atoms with Crippen molar-refractivity contribution < 1.29 is 4.79 Å². The molecule has 0 aliphatic heterocycles. The zero-order valence-corrected chi connectivity index (χ0v) is 11.2. The average Bonchev–Trinajstić information content (AvgIpc) is 3.01. The van der Waals surface area contributed by atoms with Crippen molar-refractivity contribution >= 4 is 11.6 Å². The quantitative estimate of drug-likeness (QED) is 0.645. The van der Waals surface area contributed by atoms with Gasteiger partial charge in [0.25, 0.3) is 0 Å². The zero-order chi connectivity index (χ0) is 13.4. The predicted octanol–water partition coefficient (Wildman–Crippen LogP) is 2.66. The number of nitrogens with two attached hydrogens (primary N) is 1. The maximum absolute atomic E-state index is 12.3. The molecule has 4 unspecified atom stereocenters. The largest absolute Gasteiger partial charge is 0.399 e. The van der Waals surface area contributed by atoms with E-state index in [0.717, 1.165) is 24.1 Å². The lowest BCUT2D eigenvalue weighted by Gasteiger charge is -2.21. The maximum Gasteiger partial charge on any atom is 0.224 e. The first-order chi connectivity index (χ1) is 9.13. The molecular weight excluding hydrogens is 236 g/mol. The number of carbonyl (C=O) groups excluding carboxylic acids is 1. The zero-order valence-electron chi connectivity index (χ0n) is 11.2. The third kappa shape index (κ3) is 2.37. The second-order valence-corrected chi connectivity index (χ2v) is 5.78. The van der Waals surface area contributed by atoms with E-state index >= 15 is 0 Å². The van der Waals surface area contributed by atoms with Crippen molar-refractivity contribution in [1.82, 2.24) is 5.32 Å². The smallest absolute Gasteiger partial charge is 0.224 e. The molecule has 0 radical (unpaired) electrons. The predicted molar refractivity (Wildman–Crippen MR) is 76.3 cm³/mol. The summed E-state index contributed by atoms with van der Waals surface area (Å²) < 4.78 is 0. The van der Waals surface area contributed by atoms with Crippen molar-refractivity contribution in [2.45, 2.75) is 25.8 Å². The third-order valence-electron chi connectivity index (χ3n) is 4.41. The van der Waals surface area contributed by atoms with Gasteiger partial charge >= 0.3 is 0 Å². The molecule has 3 heteroatoms. The normalized spacial score (nSPS) is 29.4. The Morgan fingerprint density at radius 1 is 1.26 bits per heavy atom. The summed E-state index contributed by atoms with van der Waals surface area (Å²) in [5.41, 5.74) is 7.52. The molecule has 3 rings (SSSR count). The number of benzene rings is 1. The summed E-state index contributed by atoms with van der Waals surface area (Å²) in [5.74, 6) is 1.46. The minimum absolute atomic E-state index is 0.0382. The van der Waals surface area contributed by atoms with Gasteiger partial charge in [-0.2, -0.15) is 0 Å². The number of hydrogen-bond acceptors (Lipinski definition) is 2. The first-order valence-corrected chi connectivity index (χ1v) is 6.97. The van der Waals surface area contributed by atoms with E-state index < -0.39 is 0 Å². The highest BCUT2D eigenvalue weighted by Gasteiger charge is 2.39. The van der Waals surface area contributed by atoms with E-state index in [4.69, 9.17) is 5.73 Å². The van der Waals surface area contributed by atoms with Gasteiger partial charge in [-0.3, -0.25) is 4.79 Å². The fourth-order valence-corrected chi connectivity index (χ4v) is 3.27. The maximum atomic E-state index is 12.3. The van der Waals surface area contributed by atoms with Crippen LogP contribution in [0.1, 0.15) is 31.4 Å². The standard InChI is InChI=1S/C16H20N2O/c1-10(12-4-6-14(17)7-5-12)18-16(19)15-9-11-2-3-13(15)8-11/h2-7,10-11,13,15H,8-9,17H2,1H3,(H,18,19). The Morgan fingerprint density at radius 2 is 2.00 bits per heavy atom. The van der Waals surface area contributed by atoms with Gasteiger partial charge in [0.05, 0.1) is 6.04 Å². The van der Waals surface area contributed by atoms with E-state index in [1.807, 2.05) is 31.2 Å². The molecule has 1 amide bonds. The number of allylic oxidation sites excluding steroid dienone is 2. The van der Waals surface area contributed by atoms with E-state index in [1.54, 1.807) is 0 Å². The van der Waals surface area contributed by atoms with Gasteiger partial charge in [0.15, 0.2) is 0 Å². The second-order valence-electron chi connectivity index (χ2n) is 5.78. The molecule has 2 aliphatic carbocycles. The monoisotopic (exact) mass is 256 g/mol. The minimum atomic E-state index is 0.0382. The molecule has 0 saturated heterocycles. The van der Waals surface area contributed by atoms with Crippen molar-refractivity contribution in [3.63, 3.8) is 0 Å². The number of fused-ring (bicyclic) bond motifs is 2. The van der Waals surface area contributed by atoms with Gasteiger partial charge in [-0.05, 0) is 49.3 Å². The Kier molecular flexibility index (Phi) is 3.05. The van der Waals surface area contributed by atoms with Crippen LogP contribution in [0.3, 0.4) is 0 Å². The number of anilines is 1.